The molecule has 10 heteroatoms. The third-order valence-electron chi connectivity index (χ3n) is 4.00. The first-order valence-electron chi connectivity index (χ1n) is 7.67. The van der Waals surface area contributed by atoms with Gasteiger partial charge in [0.25, 0.3) is 5.91 Å². The van der Waals surface area contributed by atoms with Gasteiger partial charge in [0.15, 0.2) is 6.10 Å². The lowest BCUT2D eigenvalue weighted by Crippen LogP contribution is -2.51. The van der Waals surface area contributed by atoms with Crippen LogP contribution in [0.15, 0.2) is 47.4 Å². The van der Waals surface area contributed by atoms with Gasteiger partial charge in [-0.25, -0.2) is 19.1 Å². The standard InChI is InChI=1S/C16H17N3O7/c17-11-6-7-18-15(23)19(11)16(24)13(21)12(20)10(26-16)8-25-14(22)9-4-2-1-3-5-9/h1-7,10,12-13,20-21,24H,8,17H2/t10-,12-,13+,16-/m1/s1. The van der Waals surface area contributed by atoms with E-state index in [1.165, 1.54) is 18.2 Å². The number of aliphatic hydroxyl groups is 3. The molecule has 1 aliphatic rings. The van der Waals surface area contributed by atoms with E-state index < -0.39 is 42.5 Å². The van der Waals surface area contributed by atoms with E-state index in [0.29, 0.717) is 4.57 Å². The molecule has 0 spiro atoms. The van der Waals surface area contributed by atoms with Crippen LogP contribution in [0.25, 0.3) is 0 Å². The first-order chi connectivity index (χ1) is 12.3. The minimum atomic E-state index is -2.65. The summed E-state index contributed by atoms with van der Waals surface area (Å²) in [6.07, 6.45) is -3.75. The highest BCUT2D eigenvalue weighted by molar-refractivity contribution is 5.89. The molecule has 5 N–H and O–H groups in total. The predicted molar refractivity (Wildman–Crippen MR) is 86.7 cm³/mol. The van der Waals surface area contributed by atoms with Crippen LogP contribution in [0, 0.1) is 0 Å². The molecule has 2 aromatic rings. The fourth-order valence-electron chi connectivity index (χ4n) is 2.66. The van der Waals surface area contributed by atoms with Crippen LogP contribution in [0.1, 0.15) is 10.4 Å². The molecule has 1 saturated heterocycles. The molecule has 0 aliphatic carbocycles. The number of anilines is 1. The Morgan fingerprint density at radius 2 is 2.00 bits per heavy atom. The van der Waals surface area contributed by atoms with Crippen molar-refractivity contribution in [2.75, 3.05) is 12.3 Å². The Hall–Kier alpha value is -2.79. The number of aliphatic hydroxyl groups excluding tert-OH is 2. The van der Waals surface area contributed by atoms with Gasteiger partial charge in [-0.1, -0.05) is 18.2 Å². The normalized spacial score (nSPS) is 28.0. The smallest absolute Gasteiger partial charge is 0.353 e. The van der Waals surface area contributed by atoms with Gasteiger partial charge in [0, 0.05) is 6.20 Å². The molecular weight excluding hydrogens is 346 g/mol. The Morgan fingerprint density at radius 3 is 2.65 bits per heavy atom. The number of esters is 1. The molecule has 4 atom stereocenters. The van der Waals surface area contributed by atoms with Crippen molar-refractivity contribution in [1.82, 2.24) is 9.55 Å². The summed E-state index contributed by atoms with van der Waals surface area (Å²) in [6, 6.07) is 9.32. The minimum Gasteiger partial charge on any atom is -0.459 e. The van der Waals surface area contributed by atoms with Gasteiger partial charge in [-0.15, -0.1) is 0 Å². The van der Waals surface area contributed by atoms with Crippen molar-refractivity contribution >= 4 is 11.8 Å². The quantitative estimate of drug-likeness (QED) is 0.470. The number of carbonyl (C=O) groups excluding carboxylic acids is 1. The molecule has 3 rings (SSSR count). The molecule has 1 aromatic carbocycles. The first-order valence-corrected chi connectivity index (χ1v) is 7.67. The number of hydrogen-bond acceptors (Lipinski definition) is 9. The van der Waals surface area contributed by atoms with Gasteiger partial charge in [0.2, 0.25) is 0 Å². The molecule has 0 amide bonds. The lowest BCUT2D eigenvalue weighted by atomic mass is 10.1. The highest BCUT2D eigenvalue weighted by Crippen LogP contribution is 2.34. The van der Waals surface area contributed by atoms with Gasteiger partial charge >= 0.3 is 11.7 Å². The topological polar surface area (TPSA) is 157 Å². The van der Waals surface area contributed by atoms with E-state index in [1.807, 2.05) is 0 Å². The van der Waals surface area contributed by atoms with Crippen molar-refractivity contribution in [2.45, 2.75) is 24.2 Å². The summed E-state index contributed by atoms with van der Waals surface area (Å²) in [5.74, 6) is -3.57. The van der Waals surface area contributed by atoms with Crippen molar-refractivity contribution in [2.24, 2.45) is 0 Å². The second-order valence-electron chi connectivity index (χ2n) is 5.70. The van der Waals surface area contributed by atoms with Crippen molar-refractivity contribution < 1.29 is 29.6 Å². The van der Waals surface area contributed by atoms with E-state index in [4.69, 9.17) is 15.2 Å². The molecule has 1 fully saturated rings. The molecule has 1 aliphatic heterocycles. The highest BCUT2D eigenvalue weighted by atomic mass is 16.7. The number of hydrogen-bond donors (Lipinski definition) is 4. The molecule has 26 heavy (non-hydrogen) atoms. The van der Waals surface area contributed by atoms with E-state index >= 15 is 0 Å². The number of nitrogen functional groups attached to an aromatic ring is 1. The summed E-state index contributed by atoms with van der Waals surface area (Å²) in [6.45, 7) is -0.469. The highest BCUT2D eigenvalue weighted by Gasteiger charge is 2.56. The zero-order valence-corrected chi connectivity index (χ0v) is 13.4. The zero-order chi connectivity index (χ0) is 18.9. The Labute approximate surface area is 147 Å². The fraction of sp³-hybridized carbons (Fsp3) is 0.312. The minimum absolute atomic E-state index is 0.235. The fourth-order valence-corrected chi connectivity index (χ4v) is 2.66. The molecule has 0 bridgehead atoms. The molecule has 1 aromatic heterocycles. The predicted octanol–water partition coefficient (Wildman–Crippen LogP) is -1.59. The van der Waals surface area contributed by atoms with Crippen LogP contribution in [0.5, 0.6) is 0 Å². The van der Waals surface area contributed by atoms with Crippen LogP contribution in [-0.2, 0) is 15.4 Å². The van der Waals surface area contributed by atoms with Gasteiger partial charge in [-0.05, 0) is 18.2 Å². The lowest BCUT2D eigenvalue weighted by molar-refractivity contribution is -0.289. The second-order valence-corrected chi connectivity index (χ2v) is 5.70. The zero-order valence-electron chi connectivity index (χ0n) is 13.4. The largest absolute Gasteiger partial charge is 0.459 e. The van der Waals surface area contributed by atoms with E-state index in [0.717, 1.165) is 6.20 Å². The molecule has 0 radical (unpaired) electrons. The molecule has 2 heterocycles. The third-order valence-corrected chi connectivity index (χ3v) is 4.00. The van der Waals surface area contributed by atoms with Crippen LogP contribution in [-0.4, -0.2) is 55.8 Å². The van der Waals surface area contributed by atoms with Gasteiger partial charge in [-0.3, -0.25) is 0 Å². The number of nitrogens with zero attached hydrogens (tertiary/aromatic N) is 2. The van der Waals surface area contributed by atoms with E-state index in [9.17, 15) is 24.9 Å². The average molecular weight is 363 g/mol. The molecule has 138 valence electrons. The summed E-state index contributed by atoms with van der Waals surface area (Å²) in [4.78, 5) is 27.3. The van der Waals surface area contributed by atoms with Crippen molar-refractivity contribution in [3.63, 3.8) is 0 Å². The maximum atomic E-state index is 12.0. The van der Waals surface area contributed by atoms with E-state index in [1.54, 1.807) is 18.2 Å². The number of rotatable bonds is 4. The molecule has 0 unspecified atom stereocenters. The monoisotopic (exact) mass is 363 g/mol. The van der Waals surface area contributed by atoms with E-state index in [2.05, 4.69) is 4.98 Å². The molecule has 0 saturated carbocycles. The van der Waals surface area contributed by atoms with Crippen LogP contribution in [0.2, 0.25) is 0 Å². The maximum absolute atomic E-state index is 12.0. The Kier molecular flexibility index (Phi) is 4.74. The van der Waals surface area contributed by atoms with Crippen LogP contribution in [0.4, 0.5) is 5.82 Å². The average Bonchev–Trinajstić information content (AvgIpc) is 2.85. The van der Waals surface area contributed by atoms with E-state index in [-0.39, 0.29) is 11.4 Å². The SMILES string of the molecule is Nc1ccnc(=O)n1[C@]1(O)O[C@H](COC(=O)c2ccccc2)[C@@H](O)[C@@H]1O. The Balaban J connectivity index is 1.78. The van der Waals surface area contributed by atoms with Crippen molar-refractivity contribution in [3.8, 4) is 0 Å². The van der Waals surface area contributed by atoms with Crippen molar-refractivity contribution in [1.29, 1.82) is 0 Å². The first kappa shape index (κ1) is 18.0. The van der Waals surface area contributed by atoms with Gasteiger partial charge in [-0.2, -0.15) is 0 Å². The van der Waals surface area contributed by atoms with Gasteiger partial charge in [0.05, 0.1) is 5.56 Å². The summed E-state index contributed by atoms with van der Waals surface area (Å²) in [7, 11) is 0. The lowest BCUT2D eigenvalue weighted by Gasteiger charge is -2.28. The Bertz CT molecular complexity index is 856. The number of benzene rings is 1. The second kappa shape index (κ2) is 6.84. The number of ether oxygens (including phenoxy) is 2. The molecule has 10 nitrogen and oxygen atoms in total. The summed E-state index contributed by atoms with van der Waals surface area (Å²) < 4.78 is 10.8. The number of nitrogens with two attached hydrogens (primary N) is 1. The summed E-state index contributed by atoms with van der Waals surface area (Å²) >= 11 is 0. The van der Waals surface area contributed by atoms with Crippen LogP contribution in [0.3, 0.4) is 0 Å². The third kappa shape index (κ3) is 3.06. The van der Waals surface area contributed by atoms with Gasteiger partial charge in [0.1, 0.15) is 24.6 Å². The van der Waals surface area contributed by atoms with Crippen LogP contribution >= 0.6 is 0 Å². The Morgan fingerprint density at radius 1 is 1.31 bits per heavy atom. The maximum Gasteiger partial charge on any atom is 0.353 e. The molecular formula is C16H17N3O7. The summed E-state index contributed by atoms with van der Waals surface area (Å²) in [5, 5.41) is 30.9. The summed E-state index contributed by atoms with van der Waals surface area (Å²) in [5.41, 5.74) is 4.94. The van der Waals surface area contributed by atoms with Crippen molar-refractivity contribution in [3.05, 3.63) is 58.6 Å². The van der Waals surface area contributed by atoms with Gasteiger partial charge < -0.3 is 30.5 Å². The number of aromatic nitrogens is 2. The van der Waals surface area contributed by atoms with Crippen LogP contribution < -0.4 is 11.4 Å². The number of carbonyl (C=O) groups is 1.